The number of ether oxygens (including phenoxy) is 1. The van der Waals surface area contributed by atoms with E-state index in [1.54, 1.807) is 48.5 Å². The molecule has 4 rings (SSSR count). The van der Waals surface area contributed by atoms with Crippen LogP contribution in [0.3, 0.4) is 0 Å². The van der Waals surface area contributed by atoms with Crippen molar-refractivity contribution < 1.29 is 14.3 Å². The van der Waals surface area contributed by atoms with E-state index in [-0.39, 0.29) is 23.4 Å². The molecule has 0 bridgehead atoms. The fourth-order valence-corrected chi connectivity index (χ4v) is 4.57. The topological polar surface area (TPSA) is 96.5 Å². The molecule has 1 aromatic heterocycles. The number of carbonyl (C=O) groups is 2. The molecule has 1 fully saturated rings. The number of hydrogen-bond acceptors (Lipinski definition) is 7. The van der Waals surface area contributed by atoms with Crippen LogP contribution in [-0.4, -0.2) is 53.1 Å². The number of hydrogen-bond donors (Lipinski definition) is 2. The van der Waals surface area contributed by atoms with Gasteiger partial charge in [0.1, 0.15) is 12.4 Å². The van der Waals surface area contributed by atoms with Crippen LogP contribution in [0.25, 0.3) is 0 Å². The number of amides is 2. The molecule has 35 heavy (non-hydrogen) atoms. The van der Waals surface area contributed by atoms with Crippen molar-refractivity contribution in [3.63, 3.8) is 0 Å². The van der Waals surface area contributed by atoms with E-state index in [1.165, 1.54) is 19.3 Å². The van der Waals surface area contributed by atoms with Crippen molar-refractivity contribution in [3.05, 3.63) is 69.1 Å². The summed E-state index contributed by atoms with van der Waals surface area (Å²) in [5.41, 5.74) is 1.01. The predicted octanol–water partition coefficient (Wildman–Crippen LogP) is 4.63. The maximum atomic E-state index is 12.6. The highest BCUT2D eigenvalue weighted by Crippen LogP contribution is 2.19. The number of likely N-dealkylation sites (tertiary alicyclic amines) is 1. The van der Waals surface area contributed by atoms with Crippen LogP contribution in [0, 0.1) is 0 Å². The van der Waals surface area contributed by atoms with Crippen LogP contribution in [0.2, 0.25) is 5.02 Å². The fourth-order valence-electron chi connectivity index (χ4n) is 3.79. The lowest BCUT2D eigenvalue weighted by Gasteiger charge is -2.26. The van der Waals surface area contributed by atoms with Crippen molar-refractivity contribution in [2.24, 2.45) is 0 Å². The van der Waals surface area contributed by atoms with Crippen molar-refractivity contribution in [3.8, 4) is 5.75 Å². The van der Waals surface area contributed by atoms with E-state index in [0.717, 1.165) is 37.4 Å². The normalized spacial score (nSPS) is 13.9. The van der Waals surface area contributed by atoms with Gasteiger partial charge in [0.15, 0.2) is 5.01 Å². The first kappa shape index (κ1) is 25.1. The van der Waals surface area contributed by atoms with Gasteiger partial charge in [0.25, 0.3) is 11.8 Å². The summed E-state index contributed by atoms with van der Waals surface area (Å²) in [4.78, 5) is 27.6. The van der Waals surface area contributed by atoms with Crippen molar-refractivity contribution in [2.75, 3.05) is 31.5 Å². The Hall–Kier alpha value is -3.01. The molecule has 0 unspecified atom stereocenters. The minimum absolute atomic E-state index is 0.155. The second kappa shape index (κ2) is 12.6. The minimum atomic E-state index is -0.390. The molecule has 0 aliphatic carbocycles. The van der Waals surface area contributed by atoms with Gasteiger partial charge in [-0.2, -0.15) is 0 Å². The van der Waals surface area contributed by atoms with Gasteiger partial charge in [-0.05, 0) is 81.4 Å². The third kappa shape index (κ3) is 7.74. The van der Waals surface area contributed by atoms with E-state index in [2.05, 4.69) is 25.7 Å². The molecular weight excluding hydrogens is 486 g/mol. The number of anilines is 1. The highest BCUT2D eigenvalue weighted by Gasteiger charge is 2.15. The molecule has 1 aliphatic rings. The molecular formula is C25H28ClN5O3S. The van der Waals surface area contributed by atoms with Gasteiger partial charge in [0, 0.05) is 22.8 Å². The molecule has 1 aliphatic heterocycles. The molecule has 3 aromatic rings. The number of benzene rings is 2. The van der Waals surface area contributed by atoms with Gasteiger partial charge in [-0.15, -0.1) is 10.2 Å². The zero-order chi connectivity index (χ0) is 24.5. The van der Waals surface area contributed by atoms with Gasteiger partial charge >= 0.3 is 0 Å². The van der Waals surface area contributed by atoms with Gasteiger partial charge in [-0.25, -0.2) is 0 Å². The molecule has 0 radical (unpaired) electrons. The van der Waals surface area contributed by atoms with Gasteiger partial charge in [0.2, 0.25) is 5.01 Å². The first-order valence-corrected chi connectivity index (χ1v) is 12.9. The summed E-state index contributed by atoms with van der Waals surface area (Å²) in [6.07, 6.45) is 4.77. The number of piperidine rings is 1. The predicted molar refractivity (Wildman–Crippen MR) is 137 cm³/mol. The van der Waals surface area contributed by atoms with Crippen LogP contribution >= 0.6 is 22.9 Å². The number of nitrogens with one attached hydrogen (secondary N) is 2. The standard InChI is InChI=1S/C25H28ClN5O3S/c26-19-8-10-21(11-9-19)34-17-22-29-30-25(35-22)24(33)28-20-7-4-6-18(16-20)23(32)27-12-5-15-31-13-2-1-3-14-31/h4,6-11,16H,1-3,5,12-15,17H2,(H,27,32)(H,28,33). The van der Waals surface area contributed by atoms with E-state index < -0.39 is 0 Å². The summed E-state index contributed by atoms with van der Waals surface area (Å²) in [6, 6.07) is 13.8. The molecule has 0 spiro atoms. The maximum Gasteiger partial charge on any atom is 0.286 e. The lowest BCUT2D eigenvalue weighted by atomic mass is 10.1. The Morgan fingerprint density at radius 2 is 1.83 bits per heavy atom. The highest BCUT2D eigenvalue weighted by atomic mass is 35.5. The van der Waals surface area contributed by atoms with E-state index in [1.807, 2.05) is 0 Å². The Kier molecular flexibility index (Phi) is 9.05. The summed E-state index contributed by atoms with van der Waals surface area (Å²) in [7, 11) is 0. The molecule has 2 heterocycles. The fraction of sp³-hybridized carbons (Fsp3) is 0.360. The molecule has 0 saturated carbocycles. The monoisotopic (exact) mass is 513 g/mol. The molecule has 8 nitrogen and oxygen atoms in total. The number of rotatable bonds is 10. The van der Waals surface area contributed by atoms with Crippen molar-refractivity contribution in [2.45, 2.75) is 32.3 Å². The van der Waals surface area contributed by atoms with E-state index in [0.29, 0.717) is 33.6 Å². The summed E-state index contributed by atoms with van der Waals surface area (Å²) in [6.45, 7) is 4.13. The molecule has 1 saturated heterocycles. The lowest BCUT2D eigenvalue weighted by Crippen LogP contribution is -2.33. The second-order valence-electron chi connectivity index (χ2n) is 8.29. The van der Waals surface area contributed by atoms with Crippen LogP contribution in [0.1, 0.15) is 50.9 Å². The second-order valence-corrected chi connectivity index (χ2v) is 9.79. The first-order chi connectivity index (χ1) is 17.1. The number of halogens is 1. The Balaban J connectivity index is 1.24. The SMILES string of the molecule is O=C(NCCCN1CCCCC1)c1cccc(NC(=O)c2nnc(COc3ccc(Cl)cc3)s2)c1. The molecule has 2 N–H and O–H groups in total. The van der Waals surface area contributed by atoms with Gasteiger partial charge in [-0.3, -0.25) is 9.59 Å². The van der Waals surface area contributed by atoms with E-state index >= 15 is 0 Å². The van der Waals surface area contributed by atoms with Crippen LogP contribution in [0.5, 0.6) is 5.75 Å². The Labute approximate surface area is 213 Å². The van der Waals surface area contributed by atoms with Crippen LogP contribution in [-0.2, 0) is 6.61 Å². The number of aromatic nitrogens is 2. The minimum Gasteiger partial charge on any atom is -0.486 e. The third-order valence-electron chi connectivity index (χ3n) is 5.61. The quantitative estimate of drug-likeness (QED) is 0.384. The molecule has 2 aromatic carbocycles. The van der Waals surface area contributed by atoms with Crippen molar-refractivity contribution in [1.29, 1.82) is 0 Å². The molecule has 0 atom stereocenters. The lowest BCUT2D eigenvalue weighted by molar-refractivity contribution is 0.0949. The Morgan fingerprint density at radius 1 is 1.03 bits per heavy atom. The van der Waals surface area contributed by atoms with Gasteiger partial charge in [-0.1, -0.05) is 35.4 Å². The molecule has 10 heteroatoms. The number of carbonyl (C=O) groups excluding carboxylic acids is 2. The van der Waals surface area contributed by atoms with Crippen LogP contribution < -0.4 is 15.4 Å². The van der Waals surface area contributed by atoms with Gasteiger partial charge < -0.3 is 20.3 Å². The number of nitrogens with zero attached hydrogens (tertiary/aromatic N) is 3. The Bertz CT molecular complexity index is 1130. The zero-order valence-corrected chi connectivity index (χ0v) is 20.9. The van der Waals surface area contributed by atoms with E-state index in [9.17, 15) is 9.59 Å². The first-order valence-electron chi connectivity index (χ1n) is 11.7. The summed E-state index contributed by atoms with van der Waals surface area (Å²) in [5.74, 6) is 0.105. The van der Waals surface area contributed by atoms with E-state index in [4.69, 9.17) is 16.3 Å². The van der Waals surface area contributed by atoms with Crippen LogP contribution in [0.4, 0.5) is 5.69 Å². The molecule has 184 valence electrons. The smallest absolute Gasteiger partial charge is 0.286 e. The highest BCUT2D eigenvalue weighted by molar-refractivity contribution is 7.13. The maximum absolute atomic E-state index is 12.6. The zero-order valence-electron chi connectivity index (χ0n) is 19.3. The largest absolute Gasteiger partial charge is 0.486 e. The molecule has 2 amide bonds. The van der Waals surface area contributed by atoms with Crippen molar-refractivity contribution in [1.82, 2.24) is 20.4 Å². The van der Waals surface area contributed by atoms with Crippen LogP contribution in [0.15, 0.2) is 48.5 Å². The summed E-state index contributed by atoms with van der Waals surface area (Å²) >= 11 is 7.02. The average Bonchev–Trinajstić information content (AvgIpc) is 3.36. The summed E-state index contributed by atoms with van der Waals surface area (Å²) in [5, 5.41) is 15.1. The van der Waals surface area contributed by atoms with Gasteiger partial charge in [0.05, 0.1) is 0 Å². The summed E-state index contributed by atoms with van der Waals surface area (Å²) < 4.78 is 5.65. The third-order valence-corrected chi connectivity index (χ3v) is 6.75. The Morgan fingerprint density at radius 3 is 2.63 bits per heavy atom. The average molecular weight is 514 g/mol. The van der Waals surface area contributed by atoms with Crippen molar-refractivity contribution >= 4 is 40.4 Å².